The van der Waals surface area contributed by atoms with Crippen LogP contribution in [0.25, 0.3) is 5.57 Å². The van der Waals surface area contributed by atoms with E-state index < -0.39 is 5.60 Å². The number of benzene rings is 1. The van der Waals surface area contributed by atoms with Crippen LogP contribution in [0, 0.1) is 0 Å². The number of hydrogen-bond acceptors (Lipinski definition) is 2. The molecule has 2 heteroatoms. The summed E-state index contributed by atoms with van der Waals surface area (Å²) in [5, 5.41) is 12.8. The molecule has 1 heterocycles. The van der Waals surface area contributed by atoms with Crippen LogP contribution in [0.1, 0.15) is 32.3 Å². The molecule has 3 rings (SSSR count). The molecule has 19 heavy (non-hydrogen) atoms. The third-order valence-corrected chi connectivity index (χ3v) is 4.85. The Morgan fingerprint density at radius 2 is 2.11 bits per heavy atom. The van der Waals surface area contributed by atoms with Crippen molar-refractivity contribution in [2.45, 2.75) is 37.2 Å². The molecular weight excluding hydrogens is 252 g/mol. The van der Waals surface area contributed by atoms with E-state index in [2.05, 4.69) is 42.7 Å². The third kappa shape index (κ3) is 2.19. The van der Waals surface area contributed by atoms with Crippen molar-refractivity contribution in [3.05, 3.63) is 58.5 Å². The van der Waals surface area contributed by atoms with Gasteiger partial charge < -0.3 is 5.11 Å². The summed E-state index contributed by atoms with van der Waals surface area (Å²) in [7, 11) is 0. The average molecular weight is 270 g/mol. The van der Waals surface area contributed by atoms with E-state index in [4.69, 9.17) is 0 Å². The molecule has 1 nitrogen and oxygen atoms in total. The van der Waals surface area contributed by atoms with Gasteiger partial charge in [0, 0.05) is 11.3 Å². The molecule has 1 aliphatic heterocycles. The number of aliphatic hydroxyl groups is 1. The van der Waals surface area contributed by atoms with E-state index >= 15 is 0 Å². The molecule has 0 saturated carbocycles. The second kappa shape index (κ2) is 4.69. The highest BCUT2D eigenvalue weighted by Crippen LogP contribution is 2.44. The normalized spacial score (nSPS) is 25.5. The van der Waals surface area contributed by atoms with Crippen LogP contribution in [-0.2, 0) is 0 Å². The fraction of sp³-hybridized carbons (Fsp3) is 0.294. The zero-order valence-corrected chi connectivity index (χ0v) is 12.1. The molecular formula is C17H18OS. The Balaban J connectivity index is 2.19. The number of allylic oxidation sites excluding steroid dienone is 3. The van der Waals surface area contributed by atoms with Crippen LogP contribution in [0.3, 0.4) is 0 Å². The first-order valence-electron chi connectivity index (χ1n) is 6.71. The SMILES string of the molecule is CCC1(O)C=C(C)C2=C(C1)c1ccccc1SC=C2. The van der Waals surface area contributed by atoms with Crippen molar-refractivity contribution in [3.8, 4) is 0 Å². The predicted molar refractivity (Wildman–Crippen MR) is 82.0 cm³/mol. The van der Waals surface area contributed by atoms with Crippen LogP contribution in [0.5, 0.6) is 0 Å². The Kier molecular flexibility index (Phi) is 3.15. The third-order valence-electron chi connectivity index (χ3n) is 3.97. The van der Waals surface area contributed by atoms with Crippen LogP contribution in [0.2, 0.25) is 0 Å². The molecule has 0 radical (unpaired) electrons. The van der Waals surface area contributed by atoms with Crippen LogP contribution in [0.4, 0.5) is 0 Å². The summed E-state index contributed by atoms with van der Waals surface area (Å²) in [4.78, 5) is 1.27. The van der Waals surface area contributed by atoms with Gasteiger partial charge in [-0.1, -0.05) is 36.9 Å². The lowest BCUT2D eigenvalue weighted by Crippen LogP contribution is -2.28. The van der Waals surface area contributed by atoms with E-state index in [-0.39, 0.29) is 0 Å². The largest absolute Gasteiger partial charge is 0.385 e. The molecule has 0 fully saturated rings. The van der Waals surface area contributed by atoms with Crippen molar-refractivity contribution in [1.82, 2.24) is 0 Å². The summed E-state index contributed by atoms with van der Waals surface area (Å²) in [5.41, 5.74) is 4.31. The Morgan fingerprint density at radius 1 is 1.32 bits per heavy atom. The lowest BCUT2D eigenvalue weighted by Gasteiger charge is -2.31. The van der Waals surface area contributed by atoms with Gasteiger partial charge in [0.25, 0.3) is 0 Å². The monoisotopic (exact) mass is 270 g/mol. The number of fused-ring (bicyclic) bond motifs is 2. The van der Waals surface area contributed by atoms with Crippen molar-refractivity contribution in [2.24, 2.45) is 0 Å². The lowest BCUT2D eigenvalue weighted by atomic mass is 9.78. The Bertz CT molecular complexity index is 609. The zero-order chi connectivity index (χ0) is 13.5. The highest BCUT2D eigenvalue weighted by atomic mass is 32.2. The fourth-order valence-electron chi connectivity index (χ4n) is 2.86. The number of rotatable bonds is 1. The van der Waals surface area contributed by atoms with Crippen molar-refractivity contribution < 1.29 is 5.11 Å². The minimum absolute atomic E-state index is 0.696. The summed E-state index contributed by atoms with van der Waals surface area (Å²) in [6.07, 6.45) is 5.66. The van der Waals surface area contributed by atoms with Crippen molar-refractivity contribution in [3.63, 3.8) is 0 Å². The van der Waals surface area contributed by atoms with Gasteiger partial charge in [-0.15, -0.1) is 0 Å². The van der Waals surface area contributed by atoms with Gasteiger partial charge in [-0.2, -0.15) is 0 Å². The summed E-state index contributed by atoms with van der Waals surface area (Å²) in [6, 6.07) is 8.47. The van der Waals surface area contributed by atoms with Gasteiger partial charge in [-0.3, -0.25) is 0 Å². The van der Waals surface area contributed by atoms with Crippen LogP contribution < -0.4 is 0 Å². The Morgan fingerprint density at radius 3 is 2.89 bits per heavy atom. The maximum absolute atomic E-state index is 10.7. The van der Waals surface area contributed by atoms with Crippen molar-refractivity contribution >= 4 is 17.3 Å². The van der Waals surface area contributed by atoms with Crippen LogP contribution >= 0.6 is 11.8 Å². The summed E-state index contributed by atoms with van der Waals surface area (Å²) in [6.45, 7) is 4.14. The van der Waals surface area contributed by atoms with Gasteiger partial charge >= 0.3 is 0 Å². The maximum Gasteiger partial charge on any atom is 0.0871 e. The predicted octanol–water partition coefficient (Wildman–Crippen LogP) is 4.55. The maximum atomic E-state index is 10.7. The highest BCUT2D eigenvalue weighted by molar-refractivity contribution is 8.02. The molecule has 0 aromatic heterocycles. The fourth-order valence-corrected chi connectivity index (χ4v) is 3.69. The molecule has 0 amide bonds. The molecule has 2 aliphatic rings. The Labute approximate surface area is 118 Å². The smallest absolute Gasteiger partial charge is 0.0871 e. The van der Waals surface area contributed by atoms with E-state index in [1.807, 2.05) is 13.0 Å². The van der Waals surface area contributed by atoms with E-state index in [0.29, 0.717) is 6.42 Å². The summed E-state index contributed by atoms with van der Waals surface area (Å²) >= 11 is 1.75. The van der Waals surface area contributed by atoms with Gasteiger partial charge in [0.05, 0.1) is 5.60 Å². The van der Waals surface area contributed by atoms with E-state index in [9.17, 15) is 5.11 Å². The first-order valence-corrected chi connectivity index (χ1v) is 7.59. The molecule has 1 aliphatic carbocycles. The second-order valence-electron chi connectivity index (χ2n) is 5.27. The minimum atomic E-state index is -0.696. The van der Waals surface area contributed by atoms with Crippen molar-refractivity contribution in [1.29, 1.82) is 0 Å². The first kappa shape index (κ1) is 12.8. The van der Waals surface area contributed by atoms with E-state index in [0.717, 1.165) is 6.42 Å². The lowest BCUT2D eigenvalue weighted by molar-refractivity contribution is 0.0904. The van der Waals surface area contributed by atoms with Gasteiger partial charge in [0.1, 0.15) is 0 Å². The van der Waals surface area contributed by atoms with Gasteiger partial charge in [0.2, 0.25) is 0 Å². The molecule has 0 saturated heterocycles. The molecule has 1 aromatic rings. The summed E-state index contributed by atoms with van der Waals surface area (Å²) in [5.74, 6) is 0. The molecule has 1 N–H and O–H groups in total. The molecule has 0 bridgehead atoms. The number of thioether (sulfide) groups is 1. The van der Waals surface area contributed by atoms with Crippen molar-refractivity contribution in [2.75, 3.05) is 0 Å². The quantitative estimate of drug-likeness (QED) is 0.808. The van der Waals surface area contributed by atoms with E-state index in [1.54, 1.807) is 11.8 Å². The Hall–Kier alpha value is -1.25. The molecule has 98 valence electrons. The molecule has 1 aromatic carbocycles. The molecule has 1 atom stereocenters. The highest BCUT2D eigenvalue weighted by Gasteiger charge is 2.31. The van der Waals surface area contributed by atoms with E-state index in [1.165, 1.54) is 27.2 Å². The van der Waals surface area contributed by atoms with Crippen LogP contribution in [0.15, 0.2) is 57.9 Å². The van der Waals surface area contributed by atoms with Gasteiger partial charge in [-0.25, -0.2) is 0 Å². The topological polar surface area (TPSA) is 20.2 Å². The average Bonchev–Trinajstić information content (AvgIpc) is 2.59. The standard InChI is InChI=1S/C17H18OS/c1-3-17(18)10-12(2)13-8-9-19-16-7-5-4-6-14(16)15(13)11-17/h4-10,18H,3,11H2,1-2H3. The second-order valence-corrected chi connectivity index (χ2v) is 6.22. The molecule has 1 unspecified atom stereocenters. The first-order chi connectivity index (χ1) is 9.13. The number of hydrogen-bond donors (Lipinski definition) is 1. The van der Waals surface area contributed by atoms with Gasteiger partial charge in [0.15, 0.2) is 0 Å². The molecule has 0 spiro atoms. The summed E-state index contributed by atoms with van der Waals surface area (Å²) < 4.78 is 0. The van der Waals surface area contributed by atoms with Crippen LogP contribution in [-0.4, -0.2) is 10.7 Å². The van der Waals surface area contributed by atoms with Gasteiger partial charge in [-0.05, 0) is 59.3 Å². The minimum Gasteiger partial charge on any atom is -0.385 e. The zero-order valence-electron chi connectivity index (χ0n) is 11.3.